The van der Waals surface area contributed by atoms with Gasteiger partial charge in [0, 0.05) is 12.6 Å². The van der Waals surface area contributed by atoms with Crippen LogP contribution in [-0.2, 0) is 6.54 Å². The van der Waals surface area contributed by atoms with Gasteiger partial charge in [-0.25, -0.2) is 9.38 Å². The largest absolute Gasteiger partial charge is 0.357 e. The number of aliphatic imine (C=N–C) groups is 1. The average Bonchev–Trinajstić information content (AvgIpc) is 2.93. The Morgan fingerprint density at radius 2 is 2.10 bits per heavy atom. The molecule has 0 aliphatic heterocycles. The van der Waals surface area contributed by atoms with E-state index < -0.39 is 0 Å². The van der Waals surface area contributed by atoms with Crippen molar-refractivity contribution in [2.45, 2.75) is 52.1 Å². The zero-order valence-electron chi connectivity index (χ0n) is 12.4. The Kier molecular flexibility index (Phi) is 5.39. The van der Waals surface area contributed by atoms with Crippen LogP contribution in [0.25, 0.3) is 0 Å². The maximum atomic E-state index is 13.2. The van der Waals surface area contributed by atoms with Crippen LogP contribution in [-0.4, -0.2) is 18.5 Å². The van der Waals surface area contributed by atoms with Gasteiger partial charge in [-0.1, -0.05) is 25.0 Å². The molecule has 1 aromatic rings. The first-order valence-corrected chi connectivity index (χ1v) is 7.49. The maximum absolute atomic E-state index is 13.2. The zero-order chi connectivity index (χ0) is 14.4. The van der Waals surface area contributed by atoms with Gasteiger partial charge in [-0.15, -0.1) is 0 Å². The Labute approximate surface area is 120 Å². The molecule has 3 nitrogen and oxygen atoms in total. The monoisotopic (exact) mass is 277 g/mol. The van der Waals surface area contributed by atoms with E-state index in [-0.39, 0.29) is 5.82 Å². The van der Waals surface area contributed by atoms with Crippen molar-refractivity contribution >= 4 is 5.96 Å². The molecule has 0 atom stereocenters. The molecule has 1 aromatic carbocycles. The lowest BCUT2D eigenvalue weighted by molar-refractivity contribution is 0.613. The Balaban J connectivity index is 1.98. The molecule has 2 rings (SSSR count). The minimum Gasteiger partial charge on any atom is -0.357 e. The number of nitrogens with zero attached hydrogens (tertiary/aromatic N) is 1. The summed E-state index contributed by atoms with van der Waals surface area (Å²) in [5.74, 6) is 0.704. The molecule has 0 amide bonds. The highest BCUT2D eigenvalue weighted by Crippen LogP contribution is 2.17. The Hall–Kier alpha value is -1.58. The number of guanidine groups is 1. The quantitative estimate of drug-likeness (QED) is 0.655. The van der Waals surface area contributed by atoms with Gasteiger partial charge < -0.3 is 10.6 Å². The Morgan fingerprint density at radius 3 is 2.75 bits per heavy atom. The number of hydrogen-bond acceptors (Lipinski definition) is 1. The molecule has 110 valence electrons. The summed E-state index contributed by atoms with van der Waals surface area (Å²) in [5, 5.41) is 6.75. The molecule has 0 aromatic heterocycles. The second-order valence-corrected chi connectivity index (χ2v) is 5.40. The average molecular weight is 277 g/mol. The van der Waals surface area contributed by atoms with Crippen LogP contribution < -0.4 is 10.6 Å². The Morgan fingerprint density at radius 1 is 1.35 bits per heavy atom. The SMILES string of the molecule is CCNC(=NCc1ccc(F)c(C)c1)NC1CCCC1. The van der Waals surface area contributed by atoms with Gasteiger partial charge >= 0.3 is 0 Å². The number of halogens is 1. The topological polar surface area (TPSA) is 36.4 Å². The molecule has 1 aliphatic rings. The van der Waals surface area contributed by atoms with Crippen LogP contribution in [0.15, 0.2) is 23.2 Å². The second kappa shape index (κ2) is 7.27. The lowest BCUT2D eigenvalue weighted by Crippen LogP contribution is -2.42. The molecule has 1 saturated carbocycles. The van der Waals surface area contributed by atoms with E-state index in [0.29, 0.717) is 18.2 Å². The van der Waals surface area contributed by atoms with Crippen molar-refractivity contribution in [3.8, 4) is 0 Å². The number of rotatable bonds is 4. The first-order chi connectivity index (χ1) is 9.69. The molecule has 0 radical (unpaired) electrons. The molecule has 1 aliphatic carbocycles. The highest BCUT2D eigenvalue weighted by atomic mass is 19.1. The third-order valence-corrected chi connectivity index (χ3v) is 3.68. The molecule has 0 bridgehead atoms. The van der Waals surface area contributed by atoms with Crippen molar-refractivity contribution in [3.05, 3.63) is 35.1 Å². The van der Waals surface area contributed by atoms with Crippen LogP contribution in [0.5, 0.6) is 0 Å². The summed E-state index contributed by atoms with van der Waals surface area (Å²) in [4.78, 5) is 4.59. The summed E-state index contributed by atoms with van der Waals surface area (Å²) >= 11 is 0. The van der Waals surface area contributed by atoms with E-state index in [4.69, 9.17) is 0 Å². The summed E-state index contributed by atoms with van der Waals surface area (Å²) < 4.78 is 13.2. The predicted molar refractivity (Wildman–Crippen MR) is 81.3 cm³/mol. The highest BCUT2D eigenvalue weighted by molar-refractivity contribution is 5.80. The molecule has 0 saturated heterocycles. The summed E-state index contributed by atoms with van der Waals surface area (Å²) in [7, 11) is 0. The third-order valence-electron chi connectivity index (χ3n) is 3.68. The standard InChI is InChI=1S/C16H24FN3/c1-3-18-16(20-14-6-4-5-7-14)19-11-13-8-9-15(17)12(2)10-13/h8-10,14H,3-7,11H2,1-2H3,(H2,18,19,20). The molecule has 0 spiro atoms. The Bertz CT molecular complexity index is 465. The van der Waals surface area contributed by atoms with Crippen LogP contribution in [0, 0.1) is 12.7 Å². The molecular weight excluding hydrogens is 253 g/mol. The van der Waals surface area contributed by atoms with Crippen molar-refractivity contribution < 1.29 is 4.39 Å². The number of nitrogens with one attached hydrogen (secondary N) is 2. The number of aryl methyl sites for hydroxylation is 1. The van der Waals surface area contributed by atoms with Crippen LogP contribution in [0.4, 0.5) is 4.39 Å². The normalized spacial score (nSPS) is 16.4. The minimum absolute atomic E-state index is 0.159. The predicted octanol–water partition coefficient (Wildman–Crippen LogP) is 3.13. The minimum atomic E-state index is -0.159. The fraction of sp³-hybridized carbons (Fsp3) is 0.562. The summed E-state index contributed by atoms with van der Waals surface area (Å²) in [5.41, 5.74) is 1.71. The van der Waals surface area contributed by atoms with E-state index in [1.54, 1.807) is 13.0 Å². The van der Waals surface area contributed by atoms with E-state index in [9.17, 15) is 4.39 Å². The lowest BCUT2D eigenvalue weighted by atomic mass is 10.1. The van der Waals surface area contributed by atoms with Gasteiger partial charge in [-0.3, -0.25) is 0 Å². The third kappa shape index (κ3) is 4.22. The van der Waals surface area contributed by atoms with Crippen LogP contribution in [0.1, 0.15) is 43.7 Å². The van der Waals surface area contributed by atoms with E-state index in [2.05, 4.69) is 22.5 Å². The van der Waals surface area contributed by atoms with Crippen molar-refractivity contribution in [3.63, 3.8) is 0 Å². The smallest absolute Gasteiger partial charge is 0.191 e. The summed E-state index contributed by atoms with van der Waals surface area (Å²) in [6, 6.07) is 5.71. The number of hydrogen-bond donors (Lipinski definition) is 2. The van der Waals surface area contributed by atoms with E-state index in [0.717, 1.165) is 18.1 Å². The van der Waals surface area contributed by atoms with E-state index in [1.807, 2.05) is 6.07 Å². The first-order valence-electron chi connectivity index (χ1n) is 7.49. The van der Waals surface area contributed by atoms with Crippen LogP contribution >= 0.6 is 0 Å². The van der Waals surface area contributed by atoms with Crippen molar-refractivity contribution in [2.75, 3.05) is 6.54 Å². The molecule has 0 unspecified atom stereocenters. The molecule has 2 N–H and O–H groups in total. The molecule has 4 heteroatoms. The van der Waals surface area contributed by atoms with Crippen molar-refractivity contribution in [2.24, 2.45) is 4.99 Å². The van der Waals surface area contributed by atoms with Gasteiger partial charge in [0.2, 0.25) is 0 Å². The molecule has 20 heavy (non-hydrogen) atoms. The van der Waals surface area contributed by atoms with Crippen molar-refractivity contribution in [1.29, 1.82) is 0 Å². The summed E-state index contributed by atoms with van der Waals surface area (Å²) in [6.07, 6.45) is 5.04. The van der Waals surface area contributed by atoms with Gasteiger partial charge in [0.15, 0.2) is 5.96 Å². The second-order valence-electron chi connectivity index (χ2n) is 5.40. The molecule has 1 fully saturated rings. The maximum Gasteiger partial charge on any atom is 0.191 e. The highest BCUT2D eigenvalue weighted by Gasteiger charge is 2.15. The lowest BCUT2D eigenvalue weighted by Gasteiger charge is -2.16. The van der Waals surface area contributed by atoms with Gasteiger partial charge in [-0.2, -0.15) is 0 Å². The van der Waals surface area contributed by atoms with Crippen LogP contribution in [0.2, 0.25) is 0 Å². The van der Waals surface area contributed by atoms with Gasteiger partial charge in [0.1, 0.15) is 5.82 Å². The fourth-order valence-corrected chi connectivity index (χ4v) is 2.56. The summed E-state index contributed by atoms with van der Waals surface area (Å²) in [6.45, 7) is 5.27. The fourth-order valence-electron chi connectivity index (χ4n) is 2.56. The van der Waals surface area contributed by atoms with Gasteiger partial charge in [0.25, 0.3) is 0 Å². The van der Waals surface area contributed by atoms with Crippen molar-refractivity contribution in [1.82, 2.24) is 10.6 Å². The zero-order valence-corrected chi connectivity index (χ0v) is 12.4. The van der Waals surface area contributed by atoms with Gasteiger partial charge in [-0.05, 0) is 43.9 Å². The first kappa shape index (κ1) is 14.8. The van der Waals surface area contributed by atoms with Gasteiger partial charge in [0.05, 0.1) is 6.54 Å². The van der Waals surface area contributed by atoms with E-state index >= 15 is 0 Å². The number of benzene rings is 1. The molecule has 0 heterocycles. The van der Waals surface area contributed by atoms with E-state index in [1.165, 1.54) is 31.7 Å². The molecular formula is C16H24FN3. The van der Waals surface area contributed by atoms with Crippen LogP contribution in [0.3, 0.4) is 0 Å².